The summed E-state index contributed by atoms with van der Waals surface area (Å²) in [6.45, 7) is 4.61. The Kier molecular flexibility index (Phi) is 5.81. The molecule has 32 heavy (non-hydrogen) atoms. The lowest BCUT2D eigenvalue weighted by Crippen LogP contribution is -2.40. The van der Waals surface area contributed by atoms with Crippen LogP contribution in [-0.4, -0.2) is 49.6 Å². The zero-order valence-electron chi connectivity index (χ0n) is 17.9. The third-order valence-electron chi connectivity index (χ3n) is 5.87. The molecular weight excluding hydrogens is 410 g/mol. The van der Waals surface area contributed by atoms with Gasteiger partial charge in [0.05, 0.1) is 16.3 Å². The standard InChI is InChI=1S/C23H23N5O4/c1-15-6-8-17(9-7-15)22(29)18-10-12-26(13-11-18)23(30)21-16(2)27(25-24-21)19-4-3-5-20(14-19)28(31)32/h3-9,14,18H,10-13H2,1-2H3. The molecule has 1 aliphatic rings. The van der Waals surface area contributed by atoms with Crippen LogP contribution >= 0.6 is 0 Å². The highest BCUT2D eigenvalue weighted by atomic mass is 16.6. The van der Waals surface area contributed by atoms with Crippen molar-refractivity contribution in [2.45, 2.75) is 26.7 Å². The van der Waals surface area contributed by atoms with Crippen molar-refractivity contribution in [3.05, 3.63) is 81.2 Å². The Morgan fingerprint density at radius 1 is 1.06 bits per heavy atom. The van der Waals surface area contributed by atoms with Gasteiger partial charge in [0.15, 0.2) is 11.5 Å². The minimum Gasteiger partial charge on any atom is -0.337 e. The average molecular weight is 433 g/mol. The summed E-state index contributed by atoms with van der Waals surface area (Å²) < 4.78 is 1.42. The van der Waals surface area contributed by atoms with Gasteiger partial charge in [-0.15, -0.1) is 5.10 Å². The van der Waals surface area contributed by atoms with E-state index in [0.29, 0.717) is 42.9 Å². The smallest absolute Gasteiger partial charge is 0.276 e. The lowest BCUT2D eigenvalue weighted by molar-refractivity contribution is -0.384. The molecule has 0 aliphatic carbocycles. The molecule has 164 valence electrons. The number of aromatic nitrogens is 3. The minimum absolute atomic E-state index is 0.0643. The van der Waals surface area contributed by atoms with E-state index in [2.05, 4.69) is 10.3 Å². The Morgan fingerprint density at radius 2 is 1.75 bits per heavy atom. The summed E-state index contributed by atoms with van der Waals surface area (Å²) in [4.78, 5) is 38.1. The van der Waals surface area contributed by atoms with Crippen molar-refractivity contribution in [1.29, 1.82) is 0 Å². The molecule has 9 heteroatoms. The van der Waals surface area contributed by atoms with E-state index in [1.165, 1.54) is 16.8 Å². The number of non-ortho nitro benzene ring substituents is 1. The summed E-state index contributed by atoms with van der Waals surface area (Å²) in [5.41, 5.74) is 2.93. The maximum atomic E-state index is 13.0. The molecule has 1 saturated heterocycles. The molecule has 0 bridgehead atoms. The highest BCUT2D eigenvalue weighted by Crippen LogP contribution is 2.24. The number of carbonyl (C=O) groups excluding carboxylic acids is 2. The van der Waals surface area contributed by atoms with Gasteiger partial charge in [-0.05, 0) is 32.8 Å². The summed E-state index contributed by atoms with van der Waals surface area (Å²) >= 11 is 0. The number of likely N-dealkylation sites (tertiary alicyclic amines) is 1. The summed E-state index contributed by atoms with van der Waals surface area (Å²) in [6, 6.07) is 13.6. The number of benzene rings is 2. The molecule has 0 spiro atoms. The Bertz CT molecular complexity index is 1180. The van der Waals surface area contributed by atoms with Crippen LogP contribution in [0.2, 0.25) is 0 Å². The van der Waals surface area contributed by atoms with Gasteiger partial charge < -0.3 is 4.90 Å². The first-order chi connectivity index (χ1) is 15.3. The van der Waals surface area contributed by atoms with Gasteiger partial charge >= 0.3 is 0 Å². The van der Waals surface area contributed by atoms with Crippen molar-refractivity contribution in [2.24, 2.45) is 5.92 Å². The minimum atomic E-state index is -0.482. The highest BCUT2D eigenvalue weighted by Gasteiger charge is 2.30. The normalized spacial score (nSPS) is 14.4. The molecule has 1 amide bonds. The van der Waals surface area contributed by atoms with E-state index in [0.717, 1.165) is 5.56 Å². The van der Waals surface area contributed by atoms with Gasteiger partial charge in [-0.3, -0.25) is 19.7 Å². The van der Waals surface area contributed by atoms with Crippen LogP contribution in [0, 0.1) is 29.9 Å². The van der Waals surface area contributed by atoms with E-state index in [9.17, 15) is 19.7 Å². The van der Waals surface area contributed by atoms with Gasteiger partial charge in [0.1, 0.15) is 0 Å². The van der Waals surface area contributed by atoms with E-state index >= 15 is 0 Å². The first kappa shape index (κ1) is 21.4. The molecule has 0 saturated carbocycles. The lowest BCUT2D eigenvalue weighted by atomic mass is 9.88. The van der Waals surface area contributed by atoms with Crippen molar-refractivity contribution in [2.75, 3.05) is 13.1 Å². The van der Waals surface area contributed by atoms with Gasteiger partial charge in [0.25, 0.3) is 11.6 Å². The first-order valence-electron chi connectivity index (χ1n) is 10.4. The Morgan fingerprint density at radius 3 is 2.41 bits per heavy atom. The highest BCUT2D eigenvalue weighted by molar-refractivity contribution is 5.98. The van der Waals surface area contributed by atoms with Gasteiger partial charge in [-0.1, -0.05) is 41.1 Å². The van der Waals surface area contributed by atoms with Crippen LogP contribution in [0.1, 0.15) is 44.9 Å². The van der Waals surface area contributed by atoms with Crippen molar-refractivity contribution < 1.29 is 14.5 Å². The summed E-state index contributed by atoms with van der Waals surface area (Å²) in [6.07, 6.45) is 1.19. The molecule has 4 rings (SSSR count). The summed E-state index contributed by atoms with van der Waals surface area (Å²) in [5.74, 6) is -0.242. The number of carbonyl (C=O) groups is 2. The SMILES string of the molecule is Cc1ccc(C(=O)C2CCN(C(=O)c3nnn(-c4cccc([N+](=O)[O-])c4)c3C)CC2)cc1. The summed E-state index contributed by atoms with van der Waals surface area (Å²) in [5, 5.41) is 19.1. The molecular formula is C23H23N5O4. The maximum absolute atomic E-state index is 13.0. The molecule has 3 aromatic rings. The van der Waals surface area contributed by atoms with E-state index in [1.807, 2.05) is 31.2 Å². The number of hydrogen-bond acceptors (Lipinski definition) is 6. The van der Waals surface area contributed by atoms with E-state index in [-0.39, 0.29) is 29.0 Å². The lowest BCUT2D eigenvalue weighted by Gasteiger charge is -2.31. The molecule has 0 unspecified atom stereocenters. The number of Topliss-reactive ketones (excluding diaryl/α,β-unsaturated/α-hetero) is 1. The number of nitrogens with zero attached hydrogens (tertiary/aromatic N) is 5. The predicted molar refractivity (Wildman–Crippen MR) is 117 cm³/mol. The fourth-order valence-corrected chi connectivity index (χ4v) is 3.96. The Labute approximate surface area is 184 Å². The Hall–Kier alpha value is -3.88. The molecule has 1 aliphatic heterocycles. The quantitative estimate of drug-likeness (QED) is 0.346. The molecule has 2 heterocycles. The van der Waals surface area contributed by atoms with Crippen LogP contribution in [0.5, 0.6) is 0 Å². The predicted octanol–water partition coefficient (Wildman–Crippen LogP) is 3.53. The van der Waals surface area contributed by atoms with Crippen LogP contribution in [0.25, 0.3) is 5.69 Å². The second-order valence-electron chi connectivity index (χ2n) is 8.01. The number of piperidine rings is 1. The largest absolute Gasteiger partial charge is 0.337 e. The van der Waals surface area contributed by atoms with E-state index < -0.39 is 4.92 Å². The number of ketones is 1. The van der Waals surface area contributed by atoms with Crippen LogP contribution in [0.3, 0.4) is 0 Å². The van der Waals surface area contributed by atoms with E-state index in [1.54, 1.807) is 24.0 Å². The van der Waals surface area contributed by atoms with Crippen molar-refractivity contribution in [3.63, 3.8) is 0 Å². The zero-order chi connectivity index (χ0) is 22.8. The van der Waals surface area contributed by atoms with Crippen molar-refractivity contribution in [3.8, 4) is 5.69 Å². The number of nitro groups is 1. The van der Waals surface area contributed by atoms with Gasteiger partial charge in [0.2, 0.25) is 0 Å². The number of aryl methyl sites for hydroxylation is 1. The molecule has 9 nitrogen and oxygen atoms in total. The fraction of sp³-hybridized carbons (Fsp3) is 0.304. The second-order valence-corrected chi connectivity index (χ2v) is 8.01. The number of amides is 1. The molecule has 0 N–H and O–H groups in total. The average Bonchev–Trinajstić information content (AvgIpc) is 3.20. The molecule has 0 radical (unpaired) electrons. The van der Waals surface area contributed by atoms with Crippen LogP contribution < -0.4 is 0 Å². The van der Waals surface area contributed by atoms with Crippen molar-refractivity contribution in [1.82, 2.24) is 19.9 Å². The maximum Gasteiger partial charge on any atom is 0.276 e. The number of rotatable bonds is 5. The number of hydrogen-bond donors (Lipinski definition) is 0. The molecule has 2 aromatic carbocycles. The van der Waals surface area contributed by atoms with E-state index in [4.69, 9.17) is 0 Å². The third-order valence-corrected chi connectivity index (χ3v) is 5.87. The molecule has 0 atom stereocenters. The second kappa shape index (κ2) is 8.70. The van der Waals surface area contributed by atoms with Crippen LogP contribution in [-0.2, 0) is 0 Å². The summed E-state index contributed by atoms with van der Waals surface area (Å²) in [7, 11) is 0. The molecule has 1 aromatic heterocycles. The van der Waals surface area contributed by atoms with Crippen molar-refractivity contribution >= 4 is 17.4 Å². The monoisotopic (exact) mass is 433 g/mol. The first-order valence-corrected chi connectivity index (χ1v) is 10.4. The molecule has 1 fully saturated rings. The van der Waals surface area contributed by atoms with Crippen LogP contribution in [0.4, 0.5) is 5.69 Å². The van der Waals surface area contributed by atoms with Gasteiger partial charge in [-0.25, -0.2) is 4.68 Å². The zero-order valence-corrected chi connectivity index (χ0v) is 17.9. The topological polar surface area (TPSA) is 111 Å². The Balaban J connectivity index is 1.45. The van der Waals surface area contributed by atoms with Gasteiger partial charge in [0, 0.05) is 36.7 Å². The number of nitro benzene ring substituents is 1. The fourth-order valence-electron chi connectivity index (χ4n) is 3.96. The van der Waals surface area contributed by atoms with Gasteiger partial charge in [-0.2, -0.15) is 0 Å². The third kappa shape index (κ3) is 4.14. The van der Waals surface area contributed by atoms with Crippen LogP contribution in [0.15, 0.2) is 48.5 Å².